The fourth-order valence-electron chi connectivity index (χ4n) is 4.07. The fraction of sp³-hybridized carbons (Fsp3) is 0.214. The summed E-state index contributed by atoms with van der Waals surface area (Å²) in [7, 11) is 0. The topological polar surface area (TPSA) is 64.3 Å². The van der Waals surface area contributed by atoms with Crippen molar-refractivity contribution < 1.29 is 14.6 Å². The lowest BCUT2D eigenvalue weighted by molar-refractivity contribution is -0.137. The molecule has 2 aromatic carbocycles. The molecule has 1 atom stereocenters. The first-order valence-corrected chi connectivity index (χ1v) is 11.4. The monoisotopic (exact) mass is 472 g/mol. The second kappa shape index (κ2) is 10.5. The Morgan fingerprint density at radius 1 is 1.15 bits per heavy atom. The Labute approximate surface area is 204 Å². The summed E-state index contributed by atoms with van der Waals surface area (Å²) in [4.78, 5) is 15.3. The number of aryl methyl sites for hydroxylation is 1. The number of aromatic nitrogens is 2. The molecule has 2 heterocycles. The van der Waals surface area contributed by atoms with Gasteiger partial charge in [-0.1, -0.05) is 47.9 Å². The van der Waals surface area contributed by atoms with Crippen molar-refractivity contribution in [2.45, 2.75) is 39.3 Å². The van der Waals surface area contributed by atoms with Gasteiger partial charge in [-0.3, -0.25) is 4.79 Å². The van der Waals surface area contributed by atoms with Crippen LogP contribution in [0.3, 0.4) is 0 Å². The van der Waals surface area contributed by atoms with E-state index in [9.17, 15) is 4.79 Å². The summed E-state index contributed by atoms with van der Waals surface area (Å²) >= 11 is 5.92. The average Bonchev–Trinajstić information content (AvgIpc) is 3.23. The van der Waals surface area contributed by atoms with Gasteiger partial charge in [0.2, 0.25) is 0 Å². The molecule has 6 heteroatoms. The Kier molecular flexibility index (Phi) is 7.20. The van der Waals surface area contributed by atoms with E-state index in [4.69, 9.17) is 21.4 Å². The van der Waals surface area contributed by atoms with E-state index in [1.165, 1.54) is 16.5 Å². The summed E-state index contributed by atoms with van der Waals surface area (Å²) in [6, 6.07) is 17.6. The number of aliphatic carboxylic acids is 1. The molecule has 0 aliphatic heterocycles. The highest BCUT2D eigenvalue weighted by Gasteiger charge is 2.14. The Bertz CT molecular complexity index is 1360. The molecule has 4 aromatic rings. The van der Waals surface area contributed by atoms with Crippen molar-refractivity contribution >= 4 is 28.5 Å². The van der Waals surface area contributed by atoms with E-state index >= 15 is 0 Å². The van der Waals surface area contributed by atoms with Gasteiger partial charge in [-0.15, -0.1) is 5.92 Å². The standard InChI is InChI=1S/C28H25ClN2O3/c1-3-4-23(15-27(32)33)21-8-10-25(11-9-21)34-18-24-7-6-22-13-14-31(28(22)19(24)2)17-20-5-12-26(29)30-16-20/h5-14,16,23H,15,17-18H2,1-2H3,(H,32,33)/t23-/m0/s1. The first-order chi connectivity index (χ1) is 16.4. The zero-order valence-electron chi connectivity index (χ0n) is 19.1. The van der Waals surface area contributed by atoms with E-state index in [1.54, 1.807) is 19.2 Å². The van der Waals surface area contributed by atoms with Crippen molar-refractivity contribution in [2.75, 3.05) is 0 Å². The van der Waals surface area contributed by atoms with Crippen LogP contribution >= 0.6 is 11.6 Å². The van der Waals surface area contributed by atoms with Crippen LogP contribution in [0, 0.1) is 18.8 Å². The molecule has 0 saturated heterocycles. The lowest BCUT2D eigenvalue weighted by Crippen LogP contribution is -2.05. The predicted octanol–water partition coefficient (Wildman–Crippen LogP) is 6.21. The number of carboxylic acids is 1. The maximum atomic E-state index is 11.1. The van der Waals surface area contributed by atoms with Crippen molar-refractivity contribution in [3.63, 3.8) is 0 Å². The normalized spacial score (nSPS) is 11.6. The molecule has 0 aliphatic carbocycles. The van der Waals surface area contributed by atoms with Crippen LogP contribution in [0.15, 0.2) is 67.0 Å². The quantitative estimate of drug-likeness (QED) is 0.244. The molecule has 34 heavy (non-hydrogen) atoms. The molecular formula is C28H25ClN2O3. The van der Waals surface area contributed by atoms with Gasteiger partial charge in [-0.05, 0) is 65.8 Å². The zero-order chi connectivity index (χ0) is 24.1. The molecule has 172 valence electrons. The number of carboxylic acid groups (broad SMARTS) is 1. The number of nitrogens with zero attached hydrogens (tertiary/aromatic N) is 2. The molecule has 0 unspecified atom stereocenters. The van der Waals surface area contributed by atoms with Gasteiger partial charge in [0.25, 0.3) is 0 Å². The zero-order valence-corrected chi connectivity index (χ0v) is 19.8. The highest BCUT2D eigenvalue weighted by atomic mass is 35.5. The average molecular weight is 473 g/mol. The van der Waals surface area contributed by atoms with Gasteiger partial charge in [-0.2, -0.15) is 0 Å². The number of fused-ring (bicyclic) bond motifs is 1. The molecule has 0 amide bonds. The SMILES string of the molecule is CC#C[C@@H](CC(=O)O)c1ccc(OCc2ccc3ccn(Cc4ccc(Cl)nc4)c3c2C)cc1. The molecular weight excluding hydrogens is 448 g/mol. The lowest BCUT2D eigenvalue weighted by Gasteiger charge is -2.14. The smallest absolute Gasteiger partial charge is 0.304 e. The number of pyridine rings is 1. The number of benzene rings is 2. The maximum Gasteiger partial charge on any atom is 0.304 e. The number of halogens is 1. The van der Waals surface area contributed by atoms with Crippen LogP contribution in [-0.4, -0.2) is 20.6 Å². The number of hydrogen-bond acceptors (Lipinski definition) is 3. The summed E-state index contributed by atoms with van der Waals surface area (Å²) in [5.74, 6) is 5.32. The molecule has 1 N–H and O–H groups in total. The molecule has 5 nitrogen and oxygen atoms in total. The van der Waals surface area contributed by atoms with Gasteiger partial charge in [0, 0.05) is 18.9 Å². The molecule has 0 spiro atoms. The van der Waals surface area contributed by atoms with E-state index < -0.39 is 5.97 Å². The highest BCUT2D eigenvalue weighted by molar-refractivity contribution is 6.29. The van der Waals surface area contributed by atoms with E-state index in [2.05, 4.69) is 52.7 Å². The predicted molar refractivity (Wildman–Crippen MR) is 134 cm³/mol. The van der Waals surface area contributed by atoms with E-state index in [1.807, 2.05) is 30.3 Å². The van der Waals surface area contributed by atoms with Crippen molar-refractivity contribution in [3.05, 3.63) is 94.4 Å². The Morgan fingerprint density at radius 3 is 2.62 bits per heavy atom. The Morgan fingerprint density at radius 2 is 1.94 bits per heavy atom. The van der Waals surface area contributed by atoms with E-state index in [0.29, 0.717) is 18.3 Å². The minimum absolute atomic E-state index is 0.0218. The van der Waals surface area contributed by atoms with Crippen LogP contribution in [0.1, 0.15) is 41.5 Å². The summed E-state index contributed by atoms with van der Waals surface area (Å²) in [6.45, 7) is 4.97. The Hall–Kier alpha value is -3.75. The summed E-state index contributed by atoms with van der Waals surface area (Å²) < 4.78 is 8.27. The minimum atomic E-state index is -0.865. The van der Waals surface area contributed by atoms with Gasteiger partial charge < -0.3 is 14.4 Å². The molecule has 0 radical (unpaired) electrons. The third-order valence-corrected chi connectivity index (χ3v) is 6.03. The van der Waals surface area contributed by atoms with Crippen molar-refractivity contribution in [3.8, 4) is 17.6 Å². The Balaban J connectivity index is 1.50. The molecule has 2 aromatic heterocycles. The van der Waals surface area contributed by atoms with Crippen LogP contribution < -0.4 is 4.74 Å². The maximum absolute atomic E-state index is 11.1. The minimum Gasteiger partial charge on any atom is -0.489 e. The van der Waals surface area contributed by atoms with Crippen LogP contribution in [0.5, 0.6) is 5.75 Å². The number of rotatable bonds is 8. The number of ether oxygens (including phenoxy) is 1. The highest BCUT2D eigenvalue weighted by Crippen LogP contribution is 2.26. The van der Waals surface area contributed by atoms with Gasteiger partial charge in [0.15, 0.2) is 0 Å². The number of carbonyl (C=O) groups is 1. The molecule has 0 aliphatic rings. The first-order valence-electron chi connectivity index (χ1n) is 11.0. The van der Waals surface area contributed by atoms with Gasteiger partial charge in [0.1, 0.15) is 17.5 Å². The third-order valence-electron chi connectivity index (χ3n) is 5.81. The van der Waals surface area contributed by atoms with Gasteiger partial charge in [0.05, 0.1) is 17.9 Å². The summed E-state index contributed by atoms with van der Waals surface area (Å²) in [6.07, 6.45) is 3.86. The third kappa shape index (κ3) is 5.41. The lowest BCUT2D eigenvalue weighted by atomic mass is 9.96. The molecule has 4 rings (SSSR count). The van der Waals surface area contributed by atoms with Crippen LogP contribution in [-0.2, 0) is 17.9 Å². The van der Waals surface area contributed by atoms with Crippen LogP contribution in [0.2, 0.25) is 5.15 Å². The van der Waals surface area contributed by atoms with Crippen LogP contribution in [0.25, 0.3) is 10.9 Å². The fourth-order valence-corrected chi connectivity index (χ4v) is 4.18. The largest absolute Gasteiger partial charge is 0.489 e. The van der Waals surface area contributed by atoms with Crippen molar-refractivity contribution in [1.82, 2.24) is 9.55 Å². The second-order valence-corrected chi connectivity index (χ2v) is 8.51. The first kappa shape index (κ1) is 23.4. The second-order valence-electron chi connectivity index (χ2n) is 8.12. The van der Waals surface area contributed by atoms with Gasteiger partial charge in [-0.25, -0.2) is 4.98 Å². The van der Waals surface area contributed by atoms with E-state index in [0.717, 1.165) is 22.4 Å². The van der Waals surface area contributed by atoms with Crippen molar-refractivity contribution in [1.29, 1.82) is 0 Å². The number of hydrogen-bond donors (Lipinski definition) is 1. The molecule has 0 fully saturated rings. The molecule has 0 saturated carbocycles. The summed E-state index contributed by atoms with van der Waals surface area (Å²) in [5, 5.41) is 10.8. The van der Waals surface area contributed by atoms with E-state index in [-0.39, 0.29) is 12.3 Å². The van der Waals surface area contributed by atoms with Crippen LogP contribution in [0.4, 0.5) is 0 Å². The van der Waals surface area contributed by atoms with Crippen molar-refractivity contribution in [2.24, 2.45) is 0 Å². The van der Waals surface area contributed by atoms with Gasteiger partial charge >= 0.3 is 5.97 Å². The summed E-state index contributed by atoms with van der Waals surface area (Å²) in [5.41, 5.74) is 5.39. The molecule has 0 bridgehead atoms.